The normalized spacial score (nSPS) is 17.8. The predicted molar refractivity (Wildman–Crippen MR) is 116 cm³/mol. The lowest BCUT2D eigenvalue weighted by Gasteiger charge is -2.37. The summed E-state index contributed by atoms with van der Waals surface area (Å²) in [7, 11) is -3.96. The molecule has 3 N–H and O–H groups in total. The van der Waals surface area contributed by atoms with Crippen LogP contribution in [0.2, 0.25) is 5.02 Å². The van der Waals surface area contributed by atoms with Gasteiger partial charge in [0, 0.05) is 25.2 Å². The number of imide groups is 1. The molecule has 11 heteroatoms. The quantitative estimate of drug-likeness (QED) is 0.566. The average molecular weight is 477 g/mol. The highest BCUT2D eigenvalue weighted by Crippen LogP contribution is 2.28. The Hall–Kier alpha value is -2.95. The Labute approximate surface area is 190 Å². The number of piperidine rings is 1. The van der Waals surface area contributed by atoms with Crippen molar-refractivity contribution in [2.75, 3.05) is 13.1 Å². The Bertz CT molecular complexity index is 1180. The van der Waals surface area contributed by atoms with E-state index in [-0.39, 0.29) is 59.8 Å². The van der Waals surface area contributed by atoms with Crippen molar-refractivity contribution < 1.29 is 22.8 Å². The summed E-state index contributed by atoms with van der Waals surface area (Å²) < 4.78 is 28.1. The molecule has 0 saturated carbocycles. The van der Waals surface area contributed by atoms with Crippen LogP contribution in [-0.2, 0) is 21.4 Å². The molecule has 4 amide bonds. The molecule has 168 valence electrons. The molecule has 9 nitrogen and oxygen atoms in total. The fraction of sp³-hybridized carbons (Fsp3) is 0.286. The zero-order valence-corrected chi connectivity index (χ0v) is 18.5. The molecule has 4 rings (SSSR count). The van der Waals surface area contributed by atoms with Gasteiger partial charge in [-0.3, -0.25) is 14.9 Å². The van der Waals surface area contributed by atoms with Gasteiger partial charge in [0.15, 0.2) is 0 Å². The van der Waals surface area contributed by atoms with E-state index in [1.807, 2.05) is 6.07 Å². The van der Waals surface area contributed by atoms with Crippen LogP contribution in [0.1, 0.15) is 28.8 Å². The molecule has 2 aromatic rings. The molecule has 1 spiro atoms. The maximum Gasteiger partial charge on any atom is 0.322 e. The van der Waals surface area contributed by atoms with Gasteiger partial charge in [0.05, 0.1) is 5.02 Å². The van der Waals surface area contributed by atoms with Gasteiger partial charge in [-0.15, -0.1) is 0 Å². The van der Waals surface area contributed by atoms with E-state index in [0.717, 1.165) is 5.56 Å². The summed E-state index contributed by atoms with van der Waals surface area (Å²) in [5.74, 6) is -0.764. The van der Waals surface area contributed by atoms with Crippen molar-refractivity contribution in [3.8, 4) is 0 Å². The molecular weight excluding hydrogens is 456 g/mol. The maximum absolute atomic E-state index is 13.0. The first kappa shape index (κ1) is 22.3. The zero-order valence-electron chi connectivity index (χ0n) is 16.9. The molecule has 2 aliphatic rings. The Balaban J connectivity index is 1.48. The molecule has 0 aromatic heterocycles. The first-order valence-corrected chi connectivity index (χ1v) is 11.8. The number of urea groups is 1. The Morgan fingerprint density at radius 1 is 1.09 bits per heavy atom. The third-order valence-corrected chi connectivity index (χ3v) is 7.58. The molecule has 32 heavy (non-hydrogen) atoms. The summed E-state index contributed by atoms with van der Waals surface area (Å²) in [5.41, 5.74) is -0.0426. The number of halogens is 1. The van der Waals surface area contributed by atoms with Crippen molar-refractivity contribution in [3.63, 3.8) is 0 Å². The van der Waals surface area contributed by atoms with Crippen LogP contribution < -0.4 is 15.4 Å². The largest absolute Gasteiger partial charge is 0.338 e. The number of amides is 4. The average Bonchev–Trinajstić information content (AvgIpc) is 3.05. The van der Waals surface area contributed by atoms with E-state index in [9.17, 15) is 22.8 Å². The van der Waals surface area contributed by atoms with Gasteiger partial charge >= 0.3 is 6.03 Å². The first-order chi connectivity index (χ1) is 15.2. The summed E-state index contributed by atoms with van der Waals surface area (Å²) >= 11 is 6.14. The van der Waals surface area contributed by atoms with Gasteiger partial charge in [-0.2, -0.15) is 0 Å². The Morgan fingerprint density at radius 3 is 2.41 bits per heavy atom. The molecule has 0 bridgehead atoms. The minimum atomic E-state index is -3.96. The van der Waals surface area contributed by atoms with Crippen LogP contribution in [0.3, 0.4) is 0 Å². The van der Waals surface area contributed by atoms with Gasteiger partial charge in [0.25, 0.3) is 11.8 Å². The van der Waals surface area contributed by atoms with E-state index >= 15 is 0 Å². The van der Waals surface area contributed by atoms with E-state index in [2.05, 4.69) is 15.4 Å². The van der Waals surface area contributed by atoms with Gasteiger partial charge in [0.1, 0.15) is 10.4 Å². The van der Waals surface area contributed by atoms with Crippen LogP contribution in [0, 0.1) is 0 Å². The molecule has 2 aromatic carbocycles. The second-order valence-electron chi connectivity index (χ2n) is 7.74. The van der Waals surface area contributed by atoms with Gasteiger partial charge in [-0.05, 0) is 36.6 Å². The molecule has 2 fully saturated rings. The standard InChI is InChI=1S/C21H21ClN4O5S/c22-16-7-6-15(12-17(16)32(30,31)23-13-14-4-2-1-3-5-14)18(27)26-10-8-21(9-11-26)19(28)24-20(29)25-21/h1-7,12,23H,8-11,13H2,(H2,24,25,28,29). The van der Waals surface area contributed by atoms with Crippen molar-refractivity contribution in [1.29, 1.82) is 0 Å². The number of hydrogen-bond acceptors (Lipinski definition) is 5. The van der Waals surface area contributed by atoms with Crippen LogP contribution in [-0.4, -0.2) is 49.8 Å². The number of sulfonamides is 1. The number of rotatable bonds is 5. The van der Waals surface area contributed by atoms with E-state index < -0.39 is 21.6 Å². The molecule has 2 heterocycles. The molecule has 0 aliphatic carbocycles. The van der Waals surface area contributed by atoms with Crippen molar-refractivity contribution in [1.82, 2.24) is 20.3 Å². The monoisotopic (exact) mass is 476 g/mol. The SMILES string of the molecule is O=C1NC(=O)C2(CCN(C(=O)c3ccc(Cl)c(S(=O)(=O)NCc4ccccc4)c3)CC2)N1. The summed E-state index contributed by atoms with van der Waals surface area (Å²) in [6, 6.07) is 12.6. The highest BCUT2D eigenvalue weighted by atomic mass is 35.5. The van der Waals surface area contributed by atoms with Crippen LogP contribution in [0.25, 0.3) is 0 Å². The van der Waals surface area contributed by atoms with Crippen LogP contribution in [0.15, 0.2) is 53.4 Å². The number of carbonyl (C=O) groups excluding carboxylic acids is 3. The predicted octanol–water partition coefficient (Wildman–Crippen LogP) is 1.63. The zero-order chi connectivity index (χ0) is 22.9. The Morgan fingerprint density at radius 2 is 1.78 bits per heavy atom. The van der Waals surface area contributed by atoms with Gasteiger partial charge in [0.2, 0.25) is 10.0 Å². The lowest BCUT2D eigenvalue weighted by Crippen LogP contribution is -2.55. The lowest BCUT2D eigenvalue weighted by atomic mass is 9.87. The summed E-state index contributed by atoms with van der Waals surface area (Å²) in [6.45, 7) is 0.562. The summed E-state index contributed by atoms with van der Waals surface area (Å²) in [6.07, 6.45) is 0.543. The second kappa shape index (κ2) is 8.53. The summed E-state index contributed by atoms with van der Waals surface area (Å²) in [5, 5.41) is 4.87. The molecule has 0 radical (unpaired) electrons. The molecule has 0 atom stereocenters. The van der Waals surface area contributed by atoms with Gasteiger partial charge < -0.3 is 10.2 Å². The Kier molecular flexibility index (Phi) is 5.93. The minimum Gasteiger partial charge on any atom is -0.338 e. The molecule has 2 saturated heterocycles. The van der Waals surface area contributed by atoms with Crippen molar-refractivity contribution in [3.05, 3.63) is 64.7 Å². The highest BCUT2D eigenvalue weighted by Gasteiger charge is 2.48. The van der Waals surface area contributed by atoms with Crippen molar-refractivity contribution in [2.24, 2.45) is 0 Å². The molecule has 2 aliphatic heterocycles. The fourth-order valence-corrected chi connectivity index (χ4v) is 5.39. The minimum absolute atomic E-state index is 0.00467. The van der Waals surface area contributed by atoms with Crippen LogP contribution in [0.5, 0.6) is 0 Å². The van der Waals surface area contributed by atoms with Crippen molar-refractivity contribution in [2.45, 2.75) is 29.8 Å². The van der Waals surface area contributed by atoms with Crippen molar-refractivity contribution >= 4 is 39.5 Å². The molecule has 0 unspecified atom stereocenters. The smallest absolute Gasteiger partial charge is 0.322 e. The number of likely N-dealkylation sites (tertiary alicyclic amines) is 1. The van der Waals surface area contributed by atoms with E-state index in [4.69, 9.17) is 11.6 Å². The highest BCUT2D eigenvalue weighted by molar-refractivity contribution is 7.89. The van der Waals surface area contributed by atoms with Gasteiger partial charge in [-0.1, -0.05) is 41.9 Å². The number of nitrogens with zero attached hydrogens (tertiary/aromatic N) is 1. The lowest BCUT2D eigenvalue weighted by molar-refractivity contribution is -0.125. The fourth-order valence-electron chi connectivity index (χ4n) is 3.85. The number of benzene rings is 2. The number of carbonyl (C=O) groups is 3. The maximum atomic E-state index is 13.0. The van der Waals surface area contributed by atoms with Gasteiger partial charge in [-0.25, -0.2) is 17.9 Å². The molecular formula is C21H21ClN4O5S. The third-order valence-electron chi connectivity index (χ3n) is 5.70. The van der Waals surface area contributed by atoms with Crippen LogP contribution in [0.4, 0.5) is 4.79 Å². The topological polar surface area (TPSA) is 125 Å². The second-order valence-corrected chi connectivity index (χ2v) is 9.88. The van der Waals surface area contributed by atoms with E-state index in [1.54, 1.807) is 24.3 Å². The number of hydrogen-bond donors (Lipinski definition) is 3. The number of nitrogens with one attached hydrogen (secondary N) is 3. The summed E-state index contributed by atoms with van der Waals surface area (Å²) in [4.78, 5) is 37.9. The first-order valence-electron chi connectivity index (χ1n) is 9.96. The third kappa shape index (κ3) is 4.34. The van der Waals surface area contributed by atoms with Crippen LogP contribution >= 0.6 is 11.6 Å². The van der Waals surface area contributed by atoms with E-state index in [1.165, 1.54) is 23.1 Å². The van der Waals surface area contributed by atoms with E-state index in [0.29, 0.717) is 0 Å².